The molecule has 0 spiro atoms. The van der Waals surface area contributed by atoms with Gasteiger partial charge in [-0.3, -0.25) is 14.2 Å². The number of imidazole rings is 1. The number of alkyl halides is 1. The molecule has 3 rings (SSSR count). The fourth-order valence-electron chi connectivity index (χ4n) is 3.03. The van der Waals surface area contributed by atoms with Gasteiger partial charge in [-0.2, -0.15) is 0 Å². The van der Waals surface area contributed by atoms with Crippen molar-refractivity contribution in [3.8, 4) is 11.8 Å². The lowest BCUT2D eigenvalue weighted by Crippen LogP contribution is -2.41. The predicted octanol–water partition coefficient (Wildman–Crippen LogP) is 1.48. The van der Waals surface area contributed by atoms with E-state index < -0.39 is 39.9 Å². The maximum absolute atomic E-state index is 13.1. The lowest BCUT2D eigenvalue weighted by molar-refractivity contribution is 0.364. The summed E-state index contributed by atoms with van der Waals surface area (Å²) in [6.07, 6.45) is 0. The molecule has 0 aliphatic heterocycles. The van der Waals surface area contributed by atoms with Crippen LogP contribution >= 0.6 is 11.6 Å². The van der Waals surface area contributed by atoms with E-state index in [9.17, 15) is 22.4 Å². The van der Waals surface area contributed by atoms with Gasteiger partial charge in [-0.25, -0.2) is 27.2 Å². The van der Waals surface area contributed by atoms with Gasteiger partial charge < -0.3 is 0 Å². The van der Waals surface area contributed by atoms with Gasteiger partial charge in [-0.05, 0) is 30.7 Å². The second-order valence-corrected chi connectivity index (χ2v) is 8.72. The minimum Gasteiger partial charge on any atom is -0.298 e. The first-order chi connectivity index (χ1) is 14.3. The summed E-state index contributed by atoms with van der Waals surface area (Å²) in [7, 11) is -3.73. The van der Waals surface area contributed by atoms with E-state index >= 15 is 0 Å². The molecule has 1 aromatic carbocycles. The summed E-state index contributed by atoms with van der Waals surface area (Å²) in [5, 5.41) is -0.108. The standard InChI is InChI=1S/C19H18ClFN4O4S/c1-2-3-10-23-16-15(22-19(23)20)17(26)24(11-9-21)25(18(16)27)12-13-30(28,29)14-7-5-4-6-8-14/h4-8H,9-13H2,1H3. The molecule has 158 valence electrons. The van der Waals surface area contributed by atoms with E-state index in [2.05, 4.69) is 16.8 Å². The van der Waals surface area contributed by atoms with E-state index in [4.69, 9.17) is 11.6 Å². The van der Waals surface area contributed by atoms with Crippen molar-refractivity contribution in [1.82, 2.24) is 18.9 Å². The Morgan fingerprint density at radius 3 is 2.40 bits per heavy atom. The van der Waals surface area contributed by atoms with Crippen LogP contribution < -0.4 is 11.1 Å². The Hall–Kier alpha value is -2.90. The molecule has 0 N–H and O–H groups in total. The zero-order valence-corrected chi connectivity index (χ0v) is 17.6. The van der Waals surface area contributed by atoms with Gasteiger partial charge in [0.1, 0.15) is 12.2 Å². The number of hydrogen-bond donors (Lipinski definition) is 0. The smallest absolute Gasteiger partial charge is 0.293 e. The average Bonchev–Trinajstić information content (AvgIpc) is 3.07. The van der Waals surface area contributed by atoms with Crippen molar-refractivity contribution in [2.45, 2.75) is 31.5 Å². The van der Waals surface area contributed by atoms with E-state index in [1.165, 1.54) is 16.7 Å². The molecule has 0 radical (unpaired) electrons. The number of fused-ring (bicyclic) bond motifs is 1. The van der Waals surface area contributed by atoms with Gasteiger partial charge in [0.05, 0.1) is 30.3 Å². The first-order valence-electron chi connectivity index (χ1n) is 8.95. The van der Waals surface area contributed by atoms with E-state index in [1.54, 1.807) is 25.1 Å². The topological polar surface area (TPSA) is 96.0 Å². The zero-order chi connectivity index (χ0) is 21.9. The van der Waals surface area contributed by atoms with Crippen molar-refractivity contribution < 1.29 is 12.8 Å². The van der Waals surface area contributed by atoms with Crippen LogP contribution in [0.4, 0.5) is 4.39 Å². The third-order valence-corrected chi connectivity index (χ3v) is 6.47. The normalized spacial score (nSPS) is 11.4. The van der Waals surface area contributed by atoms with Gasteiger partial charge in [-0.15, -0.1) is 5.92 Å². The van der Waals surface area contributed by atoms with Crippen molar-refractivity contribution in [3.05, 3.63) is 56.3 Å². The summed E-state index contributed by atoms with van der Waals surface area (Å²) in [5.74, 6) is 4.95. The molecule has 0 unspecified atom stereocenters. The van der Waals surface area contributed by atoms with Crippen molar-refractivity contribution in [3.63, 3.8) is 0 Å². The van der Waals surface area contributed by atoms with Crippen molar-refractivity contribution in [2.24, 2.45) is 0 Å². The van der Waals surface area contributed by atoms with Crippen LogP contribution in [0.3, 0.4) is 0 Å². The molecule has 0 aliphatic rings. The van der Waals surface area contributed by atoms with Gasteiger partial charge in [0.2, 0.25) is 5.28 Å². The first kappa shape index (κ1) is 21.8. The lowest BCUT2D eigenvalue weighted by atomic mass is 10.4. The minimum absolute atomic E-state index is 0.0238. The Bertz CT molecular complexity index is 1370. The molecule has 30 heavy (non-hydrogen) atoms. The molecule has 0 fully saturated rings. The van der Waals surface area contributed by atoms with Gasteiger partial charge in [-0.1, -0.05) is 24.1 Å². The molecule has 0 aliphatic carbocycles. The highest BCUT2D eigenvalue weighted by Crippen LogP contribution is 2.15. The number of sulfone groups is 1. The monoisotopic (exact) mass is 452 g/mol. The maximum atomic E-state index is 13.1. The summed E-state index contributed by atoms with van der Waals surface area (Å²) in [4.78, 5) is 30.0. The highest BCUT2D eigenvalue weighted by molar-refractivity contribution is 7.91. The van der Waals surface area contributed by atoms with E-state index in [-0.39, 0.29) is 34.3 Å². The van der Waals surface area contributed by atoms with Crippen LogP contribution in [0, 0.1) is 11.8 Å². The van der Waals surface area contributed by atoms with Crippen LogP contribution in [-0.4, -0.2) is 39.8 Å². The molecule has 2 aromatic heterocycles. The van der Waals surface area contributed by atoms with Crippen LogP contribution in [0.25, 0.3) is 11.0 Å². The largest absolute Gasteiger partial charge is 0.298 e. The molecule has 0 saturated carbocycles. The third-order valence-electron chi connectivity index (χ3n) is 4.47. The second kappa shape index (κ2) is 8.85. The molecular formula is C19H18ClFN4O4S. The Labute approximate surface area is 176 Å². The molecule has 0 saturated heterocycles. The highest BCUT2D eigenvalue weighted by atomic mass is 35.5. The Morgan fingerprint density at radius 2 is 1.77 bits per heavy atom. The number of rotatable bonds is 7. The van der Waals surface area contributed by atoms with Crippen molar-refractivity contribution in [2.75, 3.05) is 12.4 Å². The predicted molar refractivity (Wildman–Crippen MR) is 111 cm³/mol. The summed E-state index contributed by atoms with van der Waals surface area (Å²) in [6.45, 7) is -0.0614. The van der Waals surface area contributed by atoms with E-state index in [0.717, 1.165) is 9.36 Å². The van der Waals surface area contributed by atoms with Crippen LogP contribution in [0.2, 0.25) is 5.28 Å². The van der Waals surface area contributed by atoms with Crippen LogP contribution in [0.1, 0.15) is 6.92 Å². The zero-order valence-electron chi connectivity index (χ0n) is 16.0. The fourth-order valence-corrected chi connectivity index (χ4v) is 4.48. The van der Waals surface area contributed by atoms with Crippen LogP contribution in [-0.2, 0) is 29.5 Å². The number of nitrogens with zero attached hydrogens (tertiary/aromatic N) is 4. The van der Waals surface area contributed by atoms with Gasteiger partial charge in [0, 0.05) is 0 Å². The van der Waals surface area contributed by atoms with Crippen molar-refractivity contribution >= 4 is 32.5 Å². The Morgan fingerprint density at radius 1 is 1.10 bits per heavy atom. The van der Waals surface area contributed by atoms with Gasteiger partial charge >= 0.3 is 0 Å². The Kier molecular flexibility index (Phi) is 6.43. The summed E-state index contributed by atoms with van der Waals surface area (Å²) in [6, 6.07) is 7.72. The maximum Gasteiger partial charge on any atom is 0.293 e. The SMILES string of the molecule is CC#CCn1c(Cl)nc2c(=O)n(CCF)n(CCS(=O)(=O)c3ccccc3)c(=O)c21. The molecule has 0 bridgehead atoms. The Balaban J connectivity index is 2.16. The lowest BCUT2D eigenvalue weighted by Gasteiger charge is -2.15. The summed E-state index contributed by atoms with van der Waals surface area (Å²) in [5.41, 5.74) is -1.73. The number of hydrogen-bond acceptors (Lipinski definition) is 5. The summed E-state index contributed by atoms with van der Waals surface area (Å²) >= 11 is 6.08. The average molecular weight is 453 g/mol. The van der Waals surface area contributed by atoms with Gasteiger partial charge in [0.25, 0.3) is 11.1 Å². The first-order valence-corrected chi connectivity index (χ1v) is 11.0. The van der Waals surface area contributed by atoms with E-state index in [0.29, 0.717) is 0 Å². The minimum atomic E-state index is -3.73. The molecule has 11 heteroatoms. The highest BCUT2D eigenvalue weighted by Gasteiger charge is 2.22. The van der Waals surface area contributed by atoms with Crippen LogP contribution in [0.5, 0.6) is 0 Å². The molecule has 2 heterocycles. The third kappa shape index (κ3) is 4.04. The fraction of sp³-hybridized carbons (Fsp3) is 0.316. The van der Waals surface area contributed by atoms with Gasteiger partial charge in [0.15, 0.2) is 15.4 Å². The molecular weight excluding hydrogens is 435 g/mol. The van der Waals surface area contributed by atoms with E-state index in [1.807, 2.05) is 0 Å². The number of halogens is 2. The summed E-state index contributed by atoms with van der Waals surface area (Å²) < 4.78 is 41.4. The molecule has 0 amide bonds. The number of benzene rings is 1. The molecule has 3 aromatic rings. The van der Waals surface area contributed by atoms with Crippen molar-refractivity contribution in [1.29, 1.82) is 0 Å². The molecule has 8 nitrogen and oxygen atoms in total. The molecule has 0 atom stereocenters. The quantitative estimate of drug-likeness (QED) is 0.506. The van der Waals surface area contributed by atoms with Crippen LogP contribution in [0.15, 0.2) is 44.8 Å². The number of aromatic nitrogens is 4. The second-order valence-electron chi connectivity index (χ2n) is 6.27.